The molecule has 0 spiro atoms. The molecule has 76 valence electrons. The van der Waals surface area contributed by atoms with Gasteiger partial charge in [-0.3, -0.25) is 0 Å². The number of ether oxygens (including phenoxy) is 2. The summed E-state index contributed by atoms with van der Waals surface area (Å²) in [6.07, 6.45) is 0. The van der Waals surface area contributed by atoms with Crippen molar-refractivity contribution in [2.45, 2.75) is 6.54 Å². The summed E-state index contributed by atoms with van der Waals surface area (Å²) in [6, 6.07) is 6.02. The fourth-order valence-corrected chi connectivity index (χ4v) is 1.63. The van der Waals surface area contributed by atoms with Crippen LogP contribution in [0.3, 0.4) is 0 Å². The summed E-state index contributed by atoms with van der Waals surface area (Å²) in [6.45, 7) is 2.17. The fourth-order valence-electron chi connectivity index (χ4n) is 1.35. The Kier molecular flexibility index (Phi) is 3.26. The summed E-state index contributed by atoms with van der Waals surface area (Å²) in [5, 5.41) is 4.27. The van der Waals surface area contributed by atoms with E-state index in [1.807, 2.05) is 12.1 Å². The lowest BCUT2D eigenvalue weighted by molar-refractivity contribution is 0.174. The third-order valence-corrected chi connectivity index (χ3v) is 2.43. The van der Waals surface area contributed by atoms with Crippen molar-refractivity contribution in [1.29, 1.82) is 0 Å². The number of halogens is 1. The van der Waals surface area contributed by atoms with Crippen LogP contribution in [-0.2, 0) is 6.54 Å². The molecule has 0 unspecified atom stereocenters. The molecule has 0 fully saturated rings. The van der Waals surface area contributed by atoms with E-state index in [0.29, 0.717) is 6.79 Å². The molecule has 0 aliphatic carbocycles. The van der Waals surface area contributed by atoms with Crippen molar-refractivity contribution in [1.82, 2.24) is 5.32 Å². The third-order valence-electron chi connectivity index (χ3n) is 2.04. The van der Waals surface area contributed by atoms with E-state index in [4.69, 9.17) is 9.47 Å². The number of alkyl halides is 1. The molecule has 0 bridgehead atoms. The first kappa shape index (κ1) is 9.80. The zero-order chi connectivity index (χ0) is 9.80. The van der Waals surface area contributed by atoms with E-state index in [1.165, 1.54) is 5.56 Å². The van der Waals surface area contributed by atoms with Gasteiger partial charge in [0.2, 0.25) is 6.79 Å². The number of nitrogens with one attached hydrogen (secondary N) is 1. The Labute approximate surface area is 91.5 Å². The highest BCUT2D eigenvalue weighted by atomic mass is 79.9. The van der Waals surface area contributed by atoms with Crippen LogP contribution in [-0.4, -0.2) is 18.7 Å². The highest BCUT2D eigenvalue weighted by molar-refractivity contribution is 9.09. The first-order valence-corrected chi connectivity index (χ1v) is 5.67. The van der Waals surface area contributed by atoms with Crippen LogP contribution in [0.15, 0.2) is 18.2 Å². The van der Waals surface area contributed by atoms with E-state index in [1.54, 1.807) is 0 Å². The predicted octanol–water partition coefficient (Wildman–Crippen LogP) is 1.90. The molecule has 0 radical (unpaired) electrons. The molecule has 0 amide bonds. The molecule has 0 atom stereocenters. The van der Waals surface area contributed by atoms with Gasteiger partial charge in [0.15, 0.2) is 11.5 Å². The molecular formula is C10H12BrNO2. The van der Waals surface area contributed by atoms with Crippen molar-refractivity contribution in [2.24, 2.45) is 0 Å². The van der Waals surface area contributed by atoms with E-state index in [0.717, 1.165) is 29.9 Å². The van der Waals surface area contributed by atoms with E-state index in [2.05, 4.69) is 27.3 Å². The Morgan fingerprint density at radius 2 is 2.14 bits per heavy atom. The van der Waals surface area contributed by atoms with Crippen LogP contribution in [0.5, 0.6) is 11.5 Å². The van der Waals surface area contributed by atoms with Crippen molar-refractivity contribution in [3.8, 4) is 11.5 Å². The largest absolute Gasteiger partial charge is 0.454 e. The van der Waals surface area contributed by atoms with E-state index < -0.39 is 0 Å². The minimum absolute atomic E-state index is 0.341. The SMILES string of the molecule is BrCCNCc1ccc2c(c1)OCO2. The Hall–Kier alpha value is -0.740. The van der Waals surface area contributed by atoms with Crippen molar-refractivity contribution in [2.75, 3.05) is 18.7 Å². The lowest BCUT2D eigenvalue weighted by Gasteiger charge is -2.03. The fraction of sp³-hybridized carbons (Fsp3) is 0.400. The number of rotatable bonds is 4. The Morgan fingerprint density at radius 1 is 1.29 bits per heavy atom. The van der Waals surface area contributed by atoms with E-state index >= 15 is 0 Å². The van der Waals surface area contributed by atoms with Crippen molar-refractivity contribution in [3.63, 3.8) is 0 Å². The number of hydrogen-bond donors (Lipinski definition) is 1. The van der Waals surface area contributed by atoms with Crippen LogP contribution >= 0.6 is 15.9 Å². The highest BCUT2D eigenvalue weighted by Gasteiger charge is 2.12. The maximum atomic E-state index is 5.29. The van der Waals surface area contributed by atoms with Gasteiger partial charge in [-0.05, 0) is 17.7 Å². The Bertz CT molecular complexity index is 317. The van der Waals surface area contributed by atoms with Gasteiger partial charge in [0, 0.05) is 18.4 Å². The van der Waals surface area contributed by atoms with Gasteiger partial charge in [0.1, 0.15) is 0 Å². The summed E-state index contributed by atoms with van der Waals surface area (Å²) in [4.78, 5) is 0. The summed E-state index contributed by atoms with van der Waals surface area (Å²) in [7, 11) is 0. The normalized spacial score (nSPS) is 13.2. The number of fused-ring (bicyclic) bond motifs is 1. The van der Waals surface area contributed by atoms with Crippen LogP contribution in [0, 0.1) is 0 Å². The van der Waals surface area contributed by atoms with E-state index in [9.17, 15) is 0 Å². The molecule has 0 saturated heterocycles. The number of hydrogen-bond acceptors (Lipinski definition) is 3. The minimum Gasteiger partial charge on any atom is -0.454 e. The summed E-state index contributed by atoms with van der Waals surface area (Å²) < 4.78 is 10.5. The second kappa shape index (κ2) is 4.66. The molecule has 0 saturated carbocycles. The molecule has 1 aromatic rings. The van der Waals surface area contributed by atoms with Gasteiger partial charge in [-0.2, -0.15) is 0 Å². The highest BCUT2D eigenvalue weighted by Crippen LogP contribution is 2.32. The molecule has 1 heterocycles. The Balaban J connectivity index is 1.98. The van der Waals surface area contributed by atoms with Crippen molar-refractivity contribution >= 4 is 15.9 Å². The smallest absolute Gasteiger partial charge is 0.231 e. The molecule has 4 heteroatoms. The van der Waals surface area contributed by atoms with Crippen molar-refractivity contribution < 1.29 is 9.47 Å². The first-order valence-electron chi connectivity index (χ1n) is 4.55. The average Bonchev–Trinajstić information content (AvgIpc) is 2.65. The second-order valence-electron chi connectivity index (χ2n) is 3.05. The molecular weight excluding hydrogens is 246 g/mol. The number of benzene rings is 1. The van der Waals surface area contributed by atoms with Gasteiger partial charge in [-0.15, -0.1) is 0 Å². The molecule has 3 nitrogen and oxygen atoms in total. The molecule has 2 rings (SSSR count). The molecule has 1 N–H and O–H groups in total. The zero-order valence-corrected chi connectivity index (χ0v) is 9.34. The van der Waals surface area contributed by atoms with Gasteiger partial charge in [0.25, 0.3) is 0 Å². The lowest BCUT2D eigenvalue weighted by atomic mass is 10.2. The maximum Gasteiger partial charge on any atom is 0.231 e. The topological polar surface area (TPSA) is 30.5 Å². The van der Waals surface area contributed by atoms with E-state index in [-0.39, 0.29) is 0 Å². The summed E-state index contributed by atoms with van der Waals surface area (Å²) in [5.41, 5.74) is 1.22. The van der Waals surface area contributed by atoms with Gasteiger partial charge >= 0.3 is 0 Å². The Morgan fingerprint density at radius 3 is 3.00 bits per heavy atom. The van der Waals surface area contributed by atoms with Crippen molar-refractivity contribution in [3.05, 3.63) is 23.8 Å². The first-order chi connectivity index (χ1) is 6.90. The van der Waals surface area contributed by atoms with Crippen LogP contribution < -0.4 is 14.8 Å². The molecule has 1 aliphatic rings. The van der Waals surface area contributed by atoms with Crippen LogP contribution in [0.1, 0.15) is 5.56 Å². The van der Waals surface area contributed by atoms with Crippen LogP contribution in [0.4, 0.5) is 0 Å². The van der Waals surface area contributed by atoms with Crippen LogP contribution in [0.25, 0.3) is 0 Å². The second-order valence-corrected chi connectivity index (χ2v) is 3.85. The quantitative estimate of drug-likeness (QED) is 0.661. The van der Waals surface area contributed by atoms with Gasteiger partial charge in [0.05, 0.1) is 0 Å². The lowest BCUT2D eigenvalue weighted by Crippen LogP contribution is -2.15. The molecule has 14 heavy (non-hydrogen) atoms. The average molecular weight is 258 g/mol. The van der Waals surface area contributed by atoms with Gasteiger partial charge < -0.3 is 14.8 Å². The summed E-state index contributed by atoms with van der Waals surface area (Å²) >= 11 is 3.37. The maximum absolute atomic E-state index is 5.29. The predicted molar refractivity (Wildman–Crippen MR) is 58.1 cm³/mol. The minimum atomic E-state index is 0.341. The summed E-state index contributed by atoms with van der Waals surface area (Å²) in [5.74, 6) is 1.69. The monoisotopic (exact) mass is 257 g/mol. The standard InChI is InChI=1S/C10H12BrNO2/c11-3-4-12-6-8-1-2-9-10(5-8)14-7-13-9/h1-2,5,12H,3-4,6-7H2. The molecule has 1 aromatic carbocycles. The van der Waals surface area contributed by atoms with Crippen LogP contribution in [0.2, 0.25) is 0 Å². The molecule has 1 aliphatic heterocycles. The zero-order valence-electron chi connectivity index (χ0n) is 7.75. The van der Waals surface area contributed by atoms with Gasteiger partial charge in [-0.25, -0.2) is 0 Å². The third kappa shape index (κ3) is 2.19. The molecule has 0 aromatic heterocycles. The van der Waals surface area contributed by atoms with Gasteiger partial charge in [-0.1, -0.05) is 22.0 Å².